The summed E-state index contributed by atoms with van der Waals surface area (Å²) in [4.78, 5) is 9.10. The van der Waals surface area contributed by atoms with Gasteiger partial charge in [-0.15, -0.1) is 64.7 Å². The van der Waals surface area contributed by atoms with Gasteiger partial charge >= 0.3 is 0 Å². The summed E-state index contributed by atoms with van der Waals surface area (Å²) in [5.74, 6) is 0. The maximum atomic E-state index is 4.59. The Hall–Kier alpha value is -3.91. The number of hydrogen-bond acceptors (Lipinski definition) is 2. The Kier molecular flexibility index (Phi) is 9.24. The molecule has 0 bridgehead atoms. The molecule has 0 saturated carbocycles. The van der Waals surface area contributed by atoms with Gasteiger partial charge in [-0.1, -0.05) is 116 Å². The SMILES string of the molecule is CC(C)(C)c1cc[c-]c(-c2cc(C(C)(C)C)ccn2)c1.CC1(C)c2c(-c3ccccn3)[c-]ccc2-c2ccc3ccccc3c21.[Ir]. The molecule has 7 rings (SSSR count). The molecule has 0 saturated heterocycles. The van der Waals surface area contributed by atoms with Gasteiger partial charge in [0.25, 0.3) is 0 Å². The van der Waals surface area contributed by atoms with Crippen LogP contribution in [0.4, 0.5) is 0 Å². The summed E-state index contributed by atoms with van der Waals surface area (Å²) < 4.78 is 0. The monoisotopic (exact) mass is 779 g/mol. The van der Waals surface area contributed by atoms with Gasteiger partial charge in [-0.3, -0.25) is 0 Å². The zero-order valence-corrected chi connectivity index (χ0v) is 30.5. The molecule has 0 fully saturated rings. The minimum absolute atomic E-state index is 0. The van der Waals surface area contributed by atoms with Crippen LogP contribution in [0.25, 0.3) is 44.4 Å². The van der Waals surface area contributed by atoms with Crippen molar-refractivity contribution in [3.8, 4) is 33.6 Å². The van der Waals surface area contributed by atoms with Crippen LogP contribution < -0.4 is 0 Å². The van der Waals surface area contributed by atoms with Crippen molar-refractivity contribution in [2.75, 3.05) is 0 Å². The normalized spacial score (nSPS) is 13.2. The van der Waals surface area contributed by atoms with E-state index in [1.807, 2.05) is 36.7 Å². The molecule has 1 aliphatic rings. The second-order valence-corrected chi connectivity index (χ2v) is 14.6. The van der Waals surface area contributed by atoms with Crippen molar-refractivity contribution in [3.05, 3.63) is 144 Å². The first-order valence-electron chi connectivity index (χ1n) is 15.8. The summed E-state index contributed by atoms with van der Waals surface area (Å²) in [6.07, 6.45) is 3.75. The summed E-state index contributed by atoms with van der Waals surface area (Å²) in [6, 6.07) is 40.9. The molecule has 4 aromatic carbocycles. The molecule has 1 aliphatic carbocycles. The van der Waals surface area contributed by atoms with E-state index >= 15 is 0 Å². The van der Waals surface area contributed by atoms with Crippen molar-refractivity contribution in [2.45, 2.75) is 71.6 Å². The first kappa shape index (κ1) is 33.5. The van der Waals surface area contributed by atoms with E-state index in [2.05, 4.69) is 150 Å². The van der Waals surface area contributed by atoms with E-state index in [0.717, 1.165) is 22.5 Å². The quantitative estimate of drug-likeness (QED) is 0.164. The largest absolute Gasteiger partial charge is 0.305 e. The zero-order valence-electron chi connectivity index (χ0n) is 28.1. The maximum Gasteiger partial charge on any atom is 0.0163 e. The second-order valence-electron chi connectivity index (χ2n) is 14.6. The van der Waals surface area contributed by atoms with Gasteiger partial charge in [-0.2, -0.15) is 0 Å². The number of fused-ring (bicyclic) bond motifs is 5. The first-order chi connectivity index (χ1) is 21.4. The molecule has 2 aromatic heterocycles. The molecule has 6 aromatic rings. The maximum absolute atomic E-state index is 4.59. The van der Waals surface area contributed by atoms with Crippen LogP contribution in [0.2, 0.25) is 0 Å². The molecular weight excluding hydrogens is 737 g/mol. The van der Waals surface area contributed by atoms with Crippen LogP contribution in [-0.2, 0) is 36.4 Å². The van der Waals surface area contributed by atoms with Gasteiger partial charge in [-0.05, 0) is 67.2 Å². The van der Waals surface area contributed by atoms with Crippen molar-refractivity contribution < 1.29 is 20.1 Å². The molecule has 0 unspecified atom stereocenters. The zero-order chi connectivity index (χ0) is 32.0. The molecule has 0 atom stereocenters. The smallest absolute Gasteiger partial charge is 0.0163 e. The second kappa shape index (κ2) is 12.7. The molecule has 1 radical (unpaired) electrons. The predicted molar refractivity (Wildman–Crippen MR) is 189 cm³/mol. The fourth-order valence-corrected chi connectivity index (χ4v) is 6.50. The molecule has 0 aliphatic heterocycles. The average Bonchev–Trinajstić information content (AvgIpc) is 3.28. The van der Waals surface area contributed by atoms with Gasteiger partial charge in [-0.25, -0.2) is 0 Å². The van der Waals surface area contributed by atoms with E-state index in [4.69, 9.17) is 0 Å². The van der Waals surface area contributed by atoms with Gasteiger partial charge in [0.15, 0.2) is 0 Å². The van der Waals surface area contributed by atoms with Crippen LogP contribution >= 0.6 is 0 Å². The summed E-state index contributed by atoms with van der Waals surface area (Å²) in [5.41, 5.74) is 12.4. The van der Waals surface area contributed by atoms with E-state index < -0.39 is 0 Å². The fourth-order valence-electron chi connectivity index (χ4n) is 6.50. The molecule has 46 heavy (non-hydrogen) atoms. The van der Waals surface area contributed by atoms with E-state index in [9.17, 15) is 0 Å². The summed E-state index contributed by atoms with van der Waals surface area (Å²) >= 11 is 0. The number of pyridine rings is 2. The van der Waals surface area contributed by atoms with E-state index in [0.29, 0.717) is 0 Å². The van der Waals surface area contributed by atoms with Crippen LogP contribution in [0, 0.1) is 12.1 Å². The van der Waals surface area contributed by atoms with Gasteiger partial charge in [0, 0.05) is 32.5 Å². The molecular formula is C43H42IrN2-2. The first-order valence-corrected chi connectivity index (χ1v) is 15.8. The Bertz CT molecular complexity index is 1940. The topological polar surface area (TPSA) is 25.8 Å². The van der Waals surface area contributed by atoms with E-state index in [1.54, 1.807) is 0 Å². The summed E-state index contributed by atoms with van der Waals surface area (Å²) in [5, 5.41) is 2.64. The van der Waals surface area contributed by atoms with Crippen molar-refractivity contribution >= 4 is 10.8 Å². The van der Waals surface area contributed by atoms with Gasteiger partial charge in [0.1, 0.15) is 0 Å². The summed E-state index contributed by atoms with van der Waals surface area (Å²) in [7, 11) is 0. The predicted octanol–water partition coefficient (Wildman–Crippen LogP) is 11.1. The third-order valence-corrected chi connectivity index (χ3v) is 8.96. The number of rotatable bonds is 2. The average molecular weight is 779 g/mol. The Morgan fingerprint density at radius 3 is 1.96 bits per heavy atom. The van der Waals surface area contributed by atoms with Crippen molar-refractivity contribution in [3.63, 3.8) is 0 Å². The van der Waals surface area contributed by atoms with Crippen molar-refractivity contribution in [1.29, 1.82) is 0 Å². The Labute approximate surface area is 288 Å². The fraction of sp³-hybridized carbons (Fsp3) is 0.256. The van der Waals surface area contributed by atoms with Gasteiger partial charge < -0.3 is 9.97 Å². The third-order valence-electron chi connectivity index (χ3n) is 8.96. The molecule has 0 spiro atoms. The standard InChI is InChI=1S/C24H18N.C19H24N.Ir/c1-24(2)22-17-9-4-3-8-16(17)13-14-19(22)18-10-7-11-20(23(18)24)21-12-5-6-15-25-21;1-18(2,3)15-9-7-8-14(12-15)17-13-16(10-11-20-17)19(4,5)6;/h3-10,12-15H,1-2H3;7,9-13H,1-6H3;/q2*-1;. The minimum atomic E-state index is -0.0872. The third kappa shape index (κ3) is 6.37. The van der Waals surface area contributed by atoms with Crippen molar-refractivity contribution in [1.82, 2.24) is 9.97 Å². The van der Waals surface area contributed by atoms with Crippen LogP contribution in [0.1, 0.15) is 77.6 Å². The van der Waals surface area contributed by atoms with E-state index in [1.165, 1.54) is 44.2 Å². The molecule has 0 amide bonds. The van der Waals surface area contributed by atoms with Gasteiger partial charge in [0.2, 0.25) is 0 Å². The molecule has 0 N–H and O–H groups in total. The Morgan fingerprint density at radius 1 is 0.587 bits per heavy atom. The molecule has 3 heteroatoms. The van der Waals surface area contributed by atoms with Crippen LogP contribution in [0.5, 0.6) is 0 Å². The van der Waals surface area contributed by atoms with E-state index in [-0.39, 0.29) is 36.4 Å². The molecule has 2 heterocycles. The van der Waals surface area contributed by atoms with Crippen LogP contribution in [-0.4, -0.2) is 9.97 Å². The van der Waals surface area contributed by atoms with Crippen LogP contribution in [0.15, 0.2) is 109 Å². The Balaban J connectivity index is 0.000000182. The number of aromatic nitrogens is 2. The molecule has 2 nitrogen and oxygen atoms in total. The number of benzene rings is 4. The summed E-state index contributed by atoms with van der Waals surface area (Å²) in [6.45, 7) is 18.0. The Morgan fingerprint density at radius 2 is 1.24 bits per heavy atom. The van der Waals surface area contributed by atoms with Gasteiger partial charge in [0.05, 0.1) is 0 Å². The number of hydrogen-bond donors (Lipinski definition) is 0. The van der Waals surface area contributed by atoms with Crippen LogP contribution in [0.3, 0.4) is 0 Å². The number of nitrogens with zero attached hydrogens (tertiary/aromatic N) is 2. The van der Waals surface area contributed by atoms with Crippen molar-refractivity contribution in [2.24, 2.45) is 0 Å². The minimum Gasteiger partial charge on any atom is -0.305 e. The molecule has 235 valence electrons.